The van der Waals surface area contributed by atoms with Crippen LogP contribution in [0.2, 0.25) is 0 Å². The molecule has 0 saturated heterocycles. The Kier molecular flexibility index (Phi) is 7.98. The normalized spacial score (nSPS) is 9.90. The van der Waals surface area contributed by atoms with E-state index in [0.717, 1.165) is 12.2 Å². The molecule has 1 rings (SSSR count). The van der Waals surface area contributed by atoms with Crippen LogP contribution in [-0.2, 0) is 4.74 Å². The number of ether oxygens (including phenoxy) is 3. The summed E-state index contributed by atoms with van der Waals surface area (Å²) in [6.07, 6.45) is 0.796. The van der Waals surface area contributed by atoms with Crippen molar-refractivity contribution in [1.82, 2.24) is 10.6 Å². The summed E-state index contributed by atoms with van der Waals surface area (Å²) in [6.45, 7) is 2.07. The molecule has 6 nitrogen and oxygen atoms in total. The molecule has 2 N–H and O–H groups in total. The molecule has 0 aliphatic heterocycles. The molecular formula is C14H22N2O4. The van der Waals surface area contributed by atoms with Crippen LogP contribution in [0.4, 0.5) is 4.79 Å². The zero-order chi connectivity index (χ0) is 14.6. The second-order valence-corrected chi connectivity index (χ2v) is 4.06. The van der Waals surface area contributed by atoms with Crippen molar-refractivity contribution in [3.8, 4) is 11.5 Å². The summed E-state index contributed by atoms with van der Waals surface area (Å²) in [5.41, 5.74) is 0. The Labute approximate surface area is 119 Å². The number of rotatable bonds is 9. The number of hydrogen-bond acceptors (Lipinski definition) is 4. The van der Waals surface area contributed by atoms with Gasteiger partial charge in [-0.05, 0) is 18.6 Å². The summed E-state index contributed by atoms with van der Waals surface area (Å²) in [4.78, 5) is 11.4. The van der Waals surface area contributed by atoms with Gasteiger partial charge < -0.3 is 24.8 Å². The van der Waals surface area contributed by atoms with E-state index in [-0.39, 0.29) is 6.03 Å². The Morgan fingerprint density at radius 3 is 2.60 bits per heavy atom. The number of urea groups is 1. The molecule has 1 aromatic rings. The topological polar surface area (TPSA) is 68.8 Å². The maximum absolute atomic E-state index is 11.4. The maximum Gasteiger partial charge on any atom is 0.314 e. The average molecular weight is 282 g/mol. The van der Waals surface area contributed by atoms with Crippen molar-refractivity contribution in [2.75, 3.05) is 40.5 Å². The first kappa shape index (κ1) is 16.1. The summed E-state index contributed by atoms with van der Waals surface area (Å²) in [5, 5.41) is 5.44. The van der Waals surface area contributed by atoms with Crippen LogP contribution in [0.15, 0.2) is 24.3 Å². The van der Waals surface area contributed by atoms with E-state index in [1.165, 1.54) is 0 Å². The minimum absolute atomic E-state index is 0.199. The minimum Gasteiger partial charge on any atom is -0.497 e. The van der Waals surface area contributed by atoms with Gasteiger partial charge in [0.1, 0.15) is 18.1 Å². The van der Waals surface area contributed by atoms with E-state index in [1.807, 2.05) is 18.2 Å². The van der Waals surface area contributed by atoms with Gasteiger partial charge in [0.25, 0.3) is 0 Å². The largest absolute Gasteiger partial charge is 0.497 e. The quantitative estimate of drug-likeness (QED) is 0.672. The third-order valence-corrected chi connectivity index (χ3v) is 2.51. The Morgan fingerprint density at radius 1 is 1.10 bits per heavy atom. The molecule has 0 atom stereocenters. The molecule has 20 heavy (non-hydrogen) atoms. The Hall–Kier alpha value is -1.95. The van der Waals surface area contributed by atoms with Crippen LogP contribution >= 0.6 is 0 Å². The molecule has 1 aromatic carbocycles. The molecule has 0 aliphatic carbocycles. The Morgan fingerprint density at radius 2 is 1.85 bits per heavy atom. The van der Waals surface area contributed by atoms with E-state index in [2.05, 4.69) is 10.6 Å². The number of carbonyl (C=O) groups excluding carboxylic acids is 1. The van der Waals surface area contributed by atoms with Gasteiger partial charge in [-0.3, -0.25) is 0 Å². The molecule has 2 amide bonds. The third kappa shape index (κ3) is 6.84. The van der Waals surface area contributed by atoms with Gasteiger partial charge in [0, 0.05) is 26.3 Å². The molecule has 0 fully saturated rings. The molecular weight excluding hydrogens is 260 g/mol. The summed E-state index contributed by atoms with van der Waals surface area (Å²) < 4.78 is 15.5. The number of hydrogen-bond donors (Lipinski definition) is 2. The second-order valence-electron chi connectivity index (χ2n) is 4.06. The van der Waals surface area contributed by atoms with Crippen LogP contribution in [-0.4, -0.2) is 46.6 Å². The molecule has 0 saturated carbocycles. The Balaban J connectivity index is 2.10. The van der Waals surface area contributed by atoms with Gasteiger partial charge >= 0.3 is 6.03 Å². The smallest absolute Gasteiger partial charge is 0.314 e. The predicted octanol–water partition coefficient (Wildman–Crippen LogP) is 1.41. The van der Waals surface area contributed by atoms with Crippen molar-refractivity contribution >= 4 is 6.03 Å². The van der Waals surface area contributed by atoms with Gasteiger partial charge in [-0.1, -0.05) is 6.07 Å². The van der Waals surface area contributed by atoms with Crippen LogP contribution in [0.1, 0.15) is 6.42 Å². The average Bonchev–Trinajstić information content (AvgIpc) is 2.48. The third-order valence-electron chi connectivity index (χ3n) is 2.51. The molecule has 0 radical (unpaired) electrons. The second kappa shape index (κ2) is 9.91. The number of methoxy groups -OCH3 is 2. The monoisotopic (exact) mass is 282 g/mol. The highest BCUT2D eigenvalue weighted by Crippen LogP contribution is 2.18. The highest BCUT2D eigenvalue weighted by molar-refractivity contribution is 5.73. The fourth-order valence-corrected chi connectivity index (χ4v) is 1.51. The lowest BCUT2D eigenvalue weighted by Gasteiger charge is -2.09. The van der Waals surface area contributed by atoms with Crippen molar-refractivity contribution in [3.05, 3.63) is 24.3 Å². The lowest BCUT2D eigenvalue weighted by Crippen LogP contribution is -2.38. The molecule has 0 bridgehead atoms. The van der Waals surface area contributed by atoms with Crippen LogP contribution in [0.3, 0.4) is 0 Å². The number of amides is 2. The fraction of sp³-hybridized carbons (Fsp3) is 0.500. The highest BCUT2D eigenvalue weighted by atomic mass is 16.5. The van der Waals surface area contributed by atoms with Gasteiger partial charge in [-0.2, -0.15) is 0 Å². The van der Waals surface area contributed by atoms with Crippen molar-refractivity contribution in [3.63, 3.8) is 0 Å². The van der Waals surface area contributed by atoms with Crippen LogP contribution in [0.5, 0.6) is 11.5 Å². The molecule has 112 valence electrons. The highest BCUT2D eigenvalue weighted by Gasteiger charge is 2.00. The van der Waals surface area contributed by atoms with E-state index in [4.69, 9.17) is 14.2 Å². The van der Waals surface area contributed by atoms with Gasteiger partial charge in [0.15, 0.2) is 0 Å². The summed E-state index contributed by atoms with van der Waals surface area (Å²) in [6, 6.07) is 7.14. The first-order valence-corrected chi connectivity index (χ1v) is 6.53. The van der Waals surface area contributed by atoms with Gasteiger partial charge in [0.05, 0.1) is 13.7 Å². The number of benzene rings is 1. The first-order chi connectivity index (χ1) is 9.76. The van der Waals surface area contributed by atoms with Crippen molar-refractivity contribution < 1.29 is 19.0 Å². The van der Waals surface area contributed by atoms with E-state index in [9.17, 15) is 4.79 Å². The standard InChI is InChI=1S/C14H22N2O4/c1-18-9-4-7-15-14(17)16-8-10-20-13-6-3-5-12(11-13)19-2/h3,5-6,11H,4,7-10H2,1-2H3,(H2,15,16,17). The fourth-order valence-electron chi connectivity index (χ4n) is 1.51. The van der Waals surface area contributed by atoms with Gasteiger partial charge in [0.2, 0.25) is 0 Å². The molecule has 6 heteroatoms. The number of carbonyl (C=O) groups is 1. The van der Waals surface area contributed by atoms with E-state index < -0.39 is 0 Å². The molecule has 0 aromatic heterocycles. The zero-order valence-corrected chi connectivity index (χ0v) is 12.0. The summed E-state index contributed by atoms with van der Waals surface area (Å²) >= 11 is 0. The Bertz CT molecular complexity index is 399. The molecule has 0 spiro atoms. The van der Waals surface area contributed by atoms with Crippen molar-refractivity contribution in [1.29, 1.82) is 0 Å². The van der Waals surface area contributed by atoms with E-state index >= 15 is 0 Å². The summed E-state index contributed by atoms with van der Waals surface area (Å²) in [5.74, 6) is 1.46. The molecule has 0 unspecified atom stereocenters. The van der Waals surface area contributed by atoms with Crippen LogP contribution < -0.4 is 20.1 Å². The van der Waals surface area contributed by atoms with Gasteiger partial charge in [-0.25, -0.2) is 4.79 Å². The van der Waals surface area contributed by atoms with Gasteiger partial charge in [-0.15, -0.1) is 0 Å². The lowest BCUT2D eigenvalue weighted by molar-refractivity contribution is 0.193. The van der Waals surface area contributed by atoms with Crippen LogP contribution in [0, 0.1) is 0 Å². The zero-order valence-electron chi connectivity index (χ0n) is 12.0. The summed E-state index contributed by atoms with van der Waals surface area (Å²) in [7, 11) is 3.24. The molecule has 0 aliphatic rings. The van der Waals surface area contributed by atoms with Crippen LogP contribution in [0.25, 0.3) is 0 Å². The predicted molar refractivity (Wildman–Crippen MR) is 76.4 cm³/mol. The van der Waals surface area contributed by atoms with E-state index in [1.54, 1.807) is 20.3 Å². The van der Waals surface area contributed by atoms with Crippen molar-refractivity contribution in [2.24, 2.45) is 0 Å². The number of nitrogens with one attached hydrogen (secondary N) is 2. The minimum atomic E-state index is -0.199. The SMILES string of the molecule is COCCCNC(=O)NCCOc1cccc(OC)c1. The first-order valence-electron chi connectivity index (χ1n) is 6.53. The van der Waals surface area contributed by atoms with Crippen molar-refractivity contribution in [2.45, 2.75) is 6.42 Å². The maximum atomic E-state index is 11.4. The lowest BCUT2D eigenvalue weighted by atomic mass is 10.3. The molecule has 0 heterocycles. The van der Waals surface area contributed by atoms with E-state index in [0.29, 0.717) is 32.1 Å².